The van der Waals surface area contributed by atoms with Gasteiger partial charge in [-0.2, -0.15) is 0 Å². The van der Waals surface area contributed by atoms with E-state index in [-0.39, 0.29) is 0 Å². The SMILES string of the molecule is NNc1ccc2c(c1)sc1nccn12. The van der Waals surface area contributed by atoms with Crippen LogP contribution in [0.25, 0.3) is 15.2 Å². The molecule has 0 fully saturated rings. The zero-order valence-corrected chi connectivity index (χ0v) is 8.08. The van der Waals surface area contributed by atoms with Crippen LogP contribution >= 0.6 is 11.3 Å². The summed E-state index contributed by atoms with van der Waals surface area (Å²) in [6.45, 7) is 0. The third-order valence-electron chi connectivity index (χ3n) is 2.19. The lowest BCUT2D eigenvalue weighted by atomic mass is 10.3. The molecule has 2 aromatic heterocycles. The summed E-state index contributed by atoms with van der Waals surface area (Å²) in [5.41, 5.74) is 4.72. The van der Waals surface area contributed by atoms with Crippen LogP contribution in [0.4, 0.5) is 5.69 Å². The van der Waals surface area contributed by atoms with Crippen molar-refractivity contribution >= 4 is 32.2 Å². The molecule has 0 aliphatic rings. The van der Waals surface area contributed by atoms with Crippen molar-refractivity contribution in [2.45, 2.75) is 0 Å². The Labute approximate surface area is 84.0 Å². The van der Waals surface area contributed by atoms with Crippen LogP contribution < -0.4 is 11.3 Å². The average Bonchev–Trinajstić information content (AvgIpc) is 2.75. The first kappa shape index (κ1) is 7.78. The molecule has 0 aliphatic carbocycles. The molecule has 3 aromatic rings. The zero-order valence-electron chi connectivity index (χ0n) is 7.27. The van der Waals surface area contributed by atoms with Crippen LogP contribution in [0.1, 0.15) is 0 Å². The van der Waals surface area contributed by atoms with Gasteiger partial charge in [0.25, 0.3) is 0 Å². The highest BCUT2D eigenvalue weighted by molar-refractivity contribution is 7.23. The standard InChI is InChI=1S/C9H8N4S/c10-12-6-1-2-7-8(5-6)14-9-11-3-4-13(7)9/h1-5,12H,10H2. The Balaban J connectivity index is 2.43. The monoisotopic (exact) mass is 204 g/mol. The third-order valence-corrected chi connectivity index (χ3v) is 3.23. The van der Waals surface area contributed by atoms with Gasteiger partial charge in [0.15, 0.2) is 4.96 Å². The zero-order chi connectivity index (χ0) is 9.54. The summed E-state index contributed by atoms with van der Waals surface area (Å²) in [5, 5.41) is 0. The number of fused-ring (bicyclic) bond motifs is 3. The summed E-state index contributed by atoms with van der Waals surface area (Å²) in [6.07, 6.45) is 3.77. The summed E-state index contributed by atoms with van der Waals surface area (Å²) in [4.78, 5) is 5.25. The van der Waals surface area contributed by atoms with Gasteiger partial charge in [0.1, 0.15) is 0 Å². The minimum atomic E-state index is 0.919. The molecule has 5 heteroatoms. The van der Waals surface area contributed by atoms with E-state index in [0.29, 0.717) is 0 Å². The van der Waals surface area contributed by atoms with Gasteiger partial charge in [-0.05, 0) is 18.2 Å². The van der Waals surface area contributed by atoms with E-state index in [2.05, 4.69) is 14.8 Å². The fourth-order valence-corrected chi connectivity index (χ4v) is 2.56. The van der Waals surface area contributed by atoms with Crippen LogP contribution in [0.3, 0.4) is 0 Å². The number of hydrogen-bond donors (Lipinski definition) is 2. The van der Waals surface area contributed by atoms with Crippen LogP contribution in [-0.2, 0) is 0 Å². The van der Waals surface area contributed by atoms with Gasteiger partial charge in [-0.1, -0.05) is 11.3 Å². The van der Waals surface area contributed by atoms with Crippen molar-refractivity contribution in [1.29, 1.82) is 0 Å². The van der Waals surface area contributed by atoms with Gasteiger partial charge in [-0.3, -0.25) is 10.2 Å². The molecule has 70 valence electrons. The molecule has 0 saturated carbocycles. The second-order valence-electron chi connectivity index (χ2n) is 3.01. The van der Waals surface area contributed by atoms with Crippen LogP contribution in [0, 0.1) is 0 Å². The van der Waals surface area contributed by atoms with Crippen molar-refractivity contribution in [3.63, 3.8) is 0 Å². The lowest BCUT2D eigenvalue weighted by Gasteiger charge is -1.98. The van der Waals surface area contributed by atoms with Gasteiger partial charge in [-0.25, -0.2) is 4.98 Å². The first-order chi connectivity index (χ1) is 6.88. The molecule has 3 N–H and O–H groups in total. The van der Waals surface area contributed by atoms with Crippen LogP contribution in [0.5, 0.6) is 0 Å². The minimum Gasteiger partial charge on any atom is -0.324 e. The van der Waals surface area contributed by atoms with Crippen molar-refractivity contribution in [3.8, 4) is 0 Å². The first-order valence-electron chi connectivity index (χ1n) is 4.21. The van der Waals surface area contributed by atoms with Crippen LogP contribution in [0.15, 0.2) is 30.6 Å². The maximum atomic E-state index is 5.34. The van der Waals surface area contributed by atoms with Crippen molar-refractivity contribution in [2.24, 2.45) is 5.84 Å². The fourth-order valence-electron chi connectivity index (χ4n) is 1.53. The number of aromatic nitrogens is 2. The second-order valence-corrected chi connectivity index (χ2v) is 4.02. The number of anilines is 1. The molecule has 0 bridgehead atoms. The predicted octanol–water partition coefficient (Wildman–Crippen LogP) is 1.83. The molecule has 1 aromatic carbocycles. The molecule has 2 heterocycles. The largest absolute Gasteiger partial charge is 0.324 e. The number of nitrogens with two attached hydrogens (primary N) is 1. The quantitative estimate of drug-likeness (QED) is 0.469. The van der Waals surface area contributed by atoms with E-state index in [0.717, 1.165) is 10.6 Å². The van der Waals surface area contributed by atoms with E-state index in [1.54, 1.807) is 17.5 Å². The molecule has 4 nitrogen and oxygen atoms in total. The van der Waals surface area contributed by atoms with E-state index in [4.69, 9.17) is 5.84 Å². The van der Waals surface area contributed by atoms with Gasteiger partial charge in [0, 0.05) is 12.4 Å². The maximum Gasteiger partial charge on any atom is 0.194 e. The van der Waals surface area contributed by atoms with E-state index < -0.39 is 0 Å². The molecule has 0 radical (unpaired) electrons. The van der Waals surface area contributed by atoms with Crippen molar-refractivity contribution in [3.05, 3.63) is 30.6 Å². The number of rotatable bonds is 1. The molecule has 14 heavy (non-hydrogen) atoms. The Morgan fingerprint density at radius 2 is 2.36 bits per heavy atom. The van der Waals surface area contributed by atoms with E-state index in [1.165, 1.54) is 10.2 Å². The average molecular weight is 204 g/mol. The Morgan fingerprint density at radius 1 is 1.43 bits per heavy atom. The number of nitrogens with one attached hydrogen (secondary N) is 1. The van der Waals surface area contributed by atoms with Crippen molar-refractivity contribution < 1.29 is 0 Å². The Bertz CT molecular complexity index is 595. The molecule has 0 aliphatic heterocycles. The lowest BCUT2D eigenvalue weighted by Crippen LogP contribution is -2.05. The molecule has 0 spiro atoms. The lowest BCUT2D eigenvalue weighted by molar-refractivity contribution is 1.29. The summed E-state index contributed by atoms with van der Waals surface area (Å²) in [5.74, 6) is 5.34. The number of benzene rings is 1. The number of nitrogen functional groups attached to an aromatic ring is 1. The number of hydrazine groups is 1. The normalized spacial score (nSPS) is 11.2. The van der Waals surface area contributed by atoms with E-state index >= 15 is 0 Å². The van der Waals surface area contributed by atoms with E-state index in [9.17, 15) is 0 Å². The van der Waals surface area contributed by atoms with Gasteiger partial charge >= 0.3 is 0 Å². The molecule has 0 saturated heterocycles. The number of nitrogens with zero attached hydrogens (tertiary/aromatic N) is 2. The Morgan fingerprint density at radius 3 is 3.21 bits per heavy atom. The number of imidazole rings is 1. The predicted molar refractivity (Wildman–Crippen MR) is 58.4 cm³/mol. The smallest absolute Gasteiger partial charge is 0.194 e. The first-order valence-corrected chi connectivity index (χ1v) is 5.02. The Kier molecular flexibility index (Phi) is 1.50. The summed E-state index contributed by atoms with van der Waals surface area (Å²) < 4.78 is 3.25. The molecular formula is C9H8N4S. The maximum absolute atomic E-state index is 5.34. The fraction of sp³-hybridized carbons (Fsp3) is 0. The van der Waals surface area contributed by atoms with Crippen molar-refractivity contribution in [1.82, 2.24) is 9.38 Å². The summed E-state index contributed by atoms with van der Waals surface area (Å²) >= 11 is 1.65. The summed E-state index contributed by atoms with van der Waals surface area (Å²) in [7, 11) is 0. The minimum absolute atomic E-state index is 0.919. The summed E-state index contributed by atoms with van der Waals surface area (Å²) in [6, 6.07) is 6.01. The highest BCUT2D eigenvalue weighted by atomic mass is 32.1. The molecule has 0 amide bonds. The van der Waals surface area contributed by atoms with Gasteiger partial charge in [-0.15, -0.1) is 0 Å². The molecular weight excluding hydrogens is 196 g/mol. The molecule has 3 rings (SSSR count). The third kappa shape index (κ3) is 0.934. The topological polar surface area (TPSA) is 55.3 Å². The van der Waals surface area contributed by atoms with Crippen LogP contribution in [0.2, 0.25) is 0 Å². The highest BCUT2D eigenvalue weighted by Crippen LogP contribution is 2.27. The van der Waals surface area contributed by atoms with Crippen molar-refractivity contribution in [2.75, 3.05) is 5.43 Å². The Hall–Kier alpha value is -1.59. The second kappa shape index (κ2) is 2.70. The van der Waals surface area contributed by atoms with Crippen LogP contribution in [-0.4, -0.2) is 9.38 Å². The van der Waals surface area contributed by atoms with Gasteiger partial charge in [0.05, 0.1) is 15.9 Å². The number of thiazole rings is 1. The van der Waals surface area contributed by atoms with Gasteiger partial charge < -0.3 is 5.43 Å². The molecule has 0 atom stereocenters. The van der Waals surface area contributed by atoms with Gasteiger partial charge in [0.2, 0.25) is 0 Å². The number of hydrogen-bond acceptors (Lipinski definition) is 4. The van der Waals surface area contributed by atoms with E-state index in [1.807, 2.05) is 24.4 Å². The molecule has 0 unspecified atom stereocenters. The highest BCUT2D eigenvalue weighted by Gasteiger charge is 2.04.